The van der Waals surface area contributed by atoms with Gasteiger partial charge in [0.05, 0.1) is 4.92 Å². The van der Waals surface area contributed by atoms with E-state index in [-0.39, 0.29) is 16.7 Å². The second-order valence-corrected chi connectivity index (χ2v) is 6.09. The lowest BCUT2D eigenvalue weighted by molar-refractivity contribution is -0.385. The first-order valence-electron chi connectivity index (χ1n) is 6.38. The molecule has 0 aromatic heterocycles. The standard InChI is InChI=1S/C13H18BrN3O2/c1-9(15)10-4-5-16(7-10)8-11-2-3-12(14)6-13(11)17(18)19/h2-3,6,9-10H,4-5,7-8,15H2,1H3. The molecule has 1 fully saturated rings. The van der Waals surface area contributed by atoms with Crippen molar-refractivity contribution in [1.29, 1.82) is 0 Å². The number of nitro groups is 1. The molecule has 0 spiro atoms. The highest BCUT2D eigenvalue weighted by molar-refractivity contribution is 9.10. The van der Waals surface area contributed by atoms with Crippen molar-refractivity contribution in [3.05, 3.63) is 38.3 Å². The minimum atomic E-state index is -0.320. The lowest BCUT2D eigenvalue weighted by Gasteiger charge is -2.17. The van der Waals surface area contributed by atoms with Crippen LogP contribution in [0.1, 0.15) is 18.9 Å². The molecule has 0 amide bonds. The molecule has 2 rings (SSSR count). The number of benzene rings is 1. The quantitative estimate of drug-likeness (QED) is 0.681. The van der Waals surface area contributed by atoms with Crippen molar-refractivity contribution in [1.82, 2.24) is 4.90 Å². The third-order valence-corrected chi connectivity index (χ3v) is 4.18. The summed E-state index contributed by atoms with van der Waals surface area (Å²) >= 11 is 3.27. The second kappa shape index (κ2) is 5.98. The van der Waals surface area contributed by atoms with Crippen LogP contribution in [0.15, 0.2) is 22.7 Å². The number of rotatable bonds is 4. The van der Waals surface area contributed by atoms with Gasteiger partial charge in [-0.05, 0) is 37.9 Å². The normalized spacial score (nSPS) is 21.5. The van der Waals surface area contributed by atoms with Gasteiger partial charge in [-0.2, -0.15) is 0 Å². The van der Waals surface area contributed by atoms with Gasteiger partial charge in [0.25, 0.3) is 5.69 Å². The van der Waals surface area contributed by atoms with Gasteiger partial charge in [0.2, 0.25) is 0 Å². The molecule has 1 aromatic carbocycles. The Morgan fingerprint density at radius 3 is 2.95 bits per heavy atom. The molecule has 1 saturated heterocycles. The number of halogens is 1. The average molecular weight is 328 g/mol. The van der Waals surface area contributed by atoms with Crippen LogP contribution in [0.2, 0.25) is 0 Å². The Hall–Kier alpha value is -0.980. The van der Waals surface area contributed by atoms with Gasteiger partial charge in [-0.15, -0.1) is 0 Å². The monoisotopic (exact) mass is 327 g/mol. The summed E-state index contributed by atoms with van der Waals surface area (Å²) in [6.45, 7) is 4.52. The molecule has 2 N–H and O–H groups in total. The Morgan fingerprint density at radius 1 is 1.63 bits per heavy atom. The predicted octanol–water partition coefficient (Wildman–Crippen LogP) is 2.53. The zero-order chi connectivity index (χ0) is 14.0. The van der Waals surface area contributed by atoms with Crippen LogP contribution < -0.4 is 5.73 Å². The lowest BCUT2D eigenvalue weighted by Crippen LogP contribution is -2.29. The van der Waals surface area contributed by atoms with Crippen molar-refractivity contribution in [3.63, 3.8) is 0 Å². The van der Waals surface area contributed by atoms with Crippen LogP contribution in [0.25, 0.3) is 0 Å². The number of hydrogen-bond acceptors (Lipinski definition) is 4. The molecule has 5 nitrogen and oxygen atoms in total. The third kappa shape index (κ3) is 3.52. The number of hydrogen-bond donors (Lipinski definition) is 1. The molecule has 0 aliphatic carbocycles. The summed E-state index contributed by atoms with van der Waals surface area (Å²) < 4.78 is 0.734. The molecule has 0 saturated carbocycles. The molecular formula is C13H18BrN3O2. The molecule has 1 aliphatic heterocycles. The third-order valence-electron chi connectivity index (χ3n) is 3.69. The first kappa shape index (κ1) is 14.4. The van der Waals surface area contributed by atoms with Gasteiger partial charge >= 0.3 is 0 Å². The second-order valence-electron chi connectivity index (χ2n) is 5.17. The maximum Gasteiger partial charge on any atom is 0.275 e. The summed E-state index contributed by atoms with van der Waals surface area (Å²) in [6.07, 6.45) is 1.07. The Bertz CT molecular complexity index is 479. The highest BCUT2D eigenvalue weighted by Gasteiger charge is 2.26. The van der Waals surface area contributed by atoms with Gasteiger partial charge in [0, 0.05) is 35.2 Å². The fraction of sp³-hybridized carbons (Fsp3) is 0.538. The molecule has 1 aliphatic rings. The molecule has 2 atom stereocenters. The van der Waals surface area contributed by atoms with E-state index in [0.717, 1.165) is 29.5 Å². The number of nitrogens with zero attached hydrogens (tertiary/aromatic N) is 2. The minimum Gasteiger partial charge on any atom is -0.328 e. The Balaban J connectivity index is 2.10. The van der Waals surface area contributed by atoms with Crippen LogP contribution in [0, 0.1) is 16.0 Å². The first-order valence-corrected chi connectivity index (χ1v) is 7.17. The largest absolute Gasteiger partial charge is 0.328 e. The molecule has 2 unspecified atom stereocenters. The zero-order valence-electron chi connectivity index (χ0n) is 10.9. The van der Waals surface area contributed by atoms with E-state index in [4.69, 9.17) is 5.73 Å². The van der Waals surface area contributed by atoms with E-state index < -0.39 is 0 Å². The van der Waals surface area contributed by atoms with E-state index in [9.17, 15) is 10.1 Å². The van der Waals surface area contributed by atoms with Crippen molar-refractivity contribution >= 4 is 21.6 Å². The molecule has 1 aromatic rings. The Kier molecular flexibility index (Phi) is 4.54. The Morgan fingerprint density at radius 2 is 2.37 bits per heavy atom. The van der Waals surface area contributed by atoms with Crippen molar-refractivity contribution in [2.75, 3.05) is 13.1 Å². The number of likely N-dealkylation sites (tertiary alicyclic amines) is 1. The molecule has 1 heterocycles. The summed E-state index contributed by atoms with van der Waals surface area (Å²) in [5.74, 6) is 0.495. The minimum absolute atomic E-state index is 0.179. The van der Waals surface area contributed by atoms with E-state index in [2.05, 4.69) is 20.8 Å². The topological polar surface area (TPSA) is 72.4 Å². The molecule has 19 heavy (non-hydrogen) atoms. The van der Waals surface area contributed by atoms with Gasteiger partial charge in [-0.1, -0.05) is 15.9 Å². The first-order chi connectivity index (χ1) is 8.97. The van der Waals surface area contributed by atoms with Crippen LogP contribution in [0.5, 0.6) is 0 Å². The summed E-state index contributed by atoms with van der Waals surface area (Å²) in [4.78, 5) is 13.0. The van der Waals surface area contributed by atoms with E-state index in [1.807, 2.05) is 19.1 Å². The number of nitro benzene ring substituents is 1. The van der Waals surface area contributed by atoms with E-state index in [1.165, 1.54) is 0 Å². The molecule has 0 bridgehead atoms. The van der Waals surface area contributed by atoms with Crippen LogP contribution in [-0.2, 0) is 6.54 Å². The van der Waals surface area contributed by atoms with Crippen molar-refractivity contribution in [3.8, 4) is 0 Å². The maximum absolute atomic E-state index is 11.1. The van der Waals surface area contributed by atoms with E-state index >= 15 is 0 Å². The fourth-order valence-electron chi connectivity index (χ4n) is 2.52. The van der Waals surface area contributed by atoms with Crippen LogP contribution in [0.4, 0.5) is 5.69 Å². The van der Waals surface area contributed by atoms with Gasteiger partial charge in [-0.3, -0.25) is 15.0 Å². The van der Waals surface area contributed by atoms with Gasteiger partial charge in [0.1, 0.15) is 0 Å². The summed E-state index contributed by atoms with van der Waals surface area (Å²) in [7, 11) is 0. The maximum atomic E-state index is 11.1. The number of nitrogens with two attached hydrogens (primary N) is 1. The summed E-state index contributed by atoms with van der Waals surface area (Å²) in [6, 6.07) is 5.42. The van der Waals surface area contributed by atoms with Gasteiger partial charge in [-0.25, -0.2) is 0 Å². The summed E-state index contributed by atoms with van der Waals surface area (Å²) in [5.41, 5.74) is 6.85. The molecule has 0 radical (unpaired) electrons. The van der Waals surface area contributed by atoms with Gasteiger partial charge < -0.3 is 5.73 Å². The van der Waals surface area contributed by atoms with E-state index in [0.29, 0.717) is 12.5 Å². The molecule has 104 valence electrons. The summed E-state index contributed by atoms with van der Waals surface area (Å²) in [5, 5.41) is 11.1. The lowest BCUT2D eigenvalue weighted by atomic mass is 10.0. The van der Waals surface area contributed by atoms with E-state index in [1.54, 1.807) is 6.07 Å². The molecular weight excluding hydrogens is 310 g/mol. The zero-order valence-corrected chi connectivity index (χ0v) is 12.5. The highest BCUT2D eigenvalue weighted by atomic mass is 79.9. The van der Waals surface area contributed by atoms with Crippen LogP contribution >= 0.6 is 15.9 Å². The predicted molar refractivity (Wildman–Crippen MR) is 77.8 cm³/mol. The smallest absolute Gasteiger partial charge is 0.275 e. The fourth-order valence-corrected chi connectivity index (χ4v) is 2.87. The van der Waals surface area contributed by atoms with Crippen molar-refractivity contribution in [2.24, 2.45) is 11.7 Å². The molecule has 6 heteroatoms. The van der Waals surface area contributed by atoms with Crippen molar-refractivity contribution in [2.45, 2.75) is 25.9 Å². The highest BCUT2D eigenvalue weighted by Crippen LogP contribution is 2.27. The van der Waals surface area contributed by atoms with Crippen molar-refractivity contribution < 1.29 is 4.92 Å². The Labute approximate surface area is 121 Å². The average Bonchev–Trinajstić information content (AvgIpc) is 2.80. The van der Waals surface area contributed by atoms with Crippen LogP contribution in [0.3, 0.4) is 0 Å². The van der Waals surface area contributed by atoms with Crippen LogP contribution in [-0.4, -0.2) is 29.0 Å². The van der Waals surface area contributed by atoms with Gasteiger partial charge in [0.15, 0.2) is 0 Å². The SMILES string of the molecule is CC(N)C1CCN(Cc2ccc(Br)cc2[N+](=O)[O-])C1.